The zero-order valence-corrected chi connectivity index (χ0v) is 9.30. The average molecular weight is 197 g/mol. The smallest absolute Gasteiger partial charge is 0.0700 e. The molecule has 0 radical (unpaired) electrons. The minimum absolute atomic E-state index is 0.499. The van der Waals surface area contributed by atoms with Crippen LogP contribution in [0.4, 0.5) is 0 Å². The van der Waals surface area contributed by atoms with Gasteiger partial charge in [0.25, 0.3) is 0 Å². The van der Waals surface area contributed by atoms with Crippen molar-refractivity contribution in [1.29, 1.82) is 0 Å². The van der Waals surface area contributed by atoms with Crippen LogP contribution in [0.2, 0.25) is 0 Å². The summed E-state index contributed by atoms with van der Waals surface area (Å²) in [7, 11) is 0. The van der Waals surface area contributed by atoms with Gasteiger partial charge in [0.05, 0.1) is 6.10 Å². The largest absolute Gasteiger partial charge is 0.377 e. The fraction of sp³-hybridized carbons (Fsp3) is 1.00. The van der Waals surface area contributed by atoms with E-state index in [1.54, 1.807) is 0 Å². The van der Waals surface area contributed by atoms with Crippen molar-refractivity contribution in [3.63, 3.8) is 0 Å². The maximum Gasteiger partial charge on any atom is 0.0700 e. The summed E-state index contributed by atoms with van der Waals surface area (Å²) >= 11 is 0. The molecule has 1 aliphatic carbocycles. The van der Waals surface area contributed by atoms with Gasteiger partial charge < -0.3 is 10.1 Å². The van der Waals surface area contributed by atoms with E-state index in [9.17, 15) is 0 Å². The van der Waals surface area contributed by atoms with Crippen LogP contribution in [-0.4, -0.2) is 25.3 Å². The second kappa shape index (κ2) is 5.13. The topological polar surface area (TPSA) is 21.3 Å². The van der Waals surface area contributed by atoms with Gasteiger partial charge in [-0.25, -0.2) is 0 Å². The van der Waals surface area contributed by atoms with Crippen LogP contribution in [0.25, 0.3) is 0 Å². The van der Waals surface area contributed by atoms with Crippen LogP contribution >= 0.6 is 0 Å². The molecular formula is C12H23NO. The van der Waals surface area contributed by atoms with Crippen molar-refractivity contribution in [2.24, 2.45) is 5.92 Å². The molecule has 82 valence electrons. The molecule has 1 aliphatic heterocycles. The molecule has 2 atom stereocenters. The Morgan fingerprint density at radius 3 is 2.64 bits per heavy atom. The first-order valence-corrected chi connectivity index (χ1v) is 6.21. The van der Waals surface area contributed by atoms with Gasteiger partial charge in [-0.3, -0.25) is 0 Å². The minimum atomic E-state index is 0.499. The van der Waals surface area contributed by atoms with Gasteiger partial charge in [0.2, 0.25) is 0 Å². The van der Waals surface area contributed by atoms with Gasteiger partial charge in [-0.05, 0) is 38.5 Å². The predicted octanol–water partition coefficient (Wildman–Crippen LogP) is 2.33. The van der Waals surface area contributed by atoms with Gasteiger partial charge in [-0.2, -0.15) is 0 Å². The molecule has 0 aromatic rings. The standard InChI is InChI=1S/C12H23NO/c1-10(11-5-2-3-6-11)13-9-12-7-4-8-14-12/h10-13H,2-9H2,1H3. The molecule has 2 nitrogen and oxygen atoms in total. The van der Waals surface area contributed by atoms with Crippen molar-refractivity contribution < 1.29 is 4.74 Å². The lowest BCUT2D eigenvalue weighted by atomic mass is 10.00. The number of rotatable bonds is 4. The molecule has 0 aromatic carbocycles. The molecule has 1 heterocycles. The Balaban J connectivity index is 1.63. The number of hydrogen-bond donors (Lipinski definition) is 1. The summed E-state index contributed by atoms with van der Waals surface area (Å²) in [5.74, 6) is 0.927. The third kappa shape index (κ3) is 2.71. The summed E-state index contributed by atoms with van der Waals surface area (Å²) in [5.41, 5.74) is 0. The van der Waals surface area contributed by atoms with Crippen molar-refractivity contribution in [1.82, 2.24) is 5.32 Å². The second-order valence-electron chi connectivity index (χ2n) is 4.88. The first-order chi connectivity index (χ1) is 6.86. The van der Waals surface area contributed by atoms with Crippen LogP contribution in [0.3, 0.4) is 0 Å². The van der Waals surface area contributed by atoms with E-state index in [4.69, 9.17) is 4.74 Å². The second-order valence-corrected chi connectivity index (χ2v) is 4.88. The number of hydrogen-bond acceptors (Lipinski definition) is 2. The van der Waals surface area contributed by atoms with E-state index in [2.05, 4.69) is 12.2 Å². The van der Waals surface area contributed by atoms with Gasteiger partial charge in [0.1, 0.15) is 0 Å². The van der Waals surface area contributed by atoms with Crippen molar-refractivity contribution in [3.05, 3.63) is 0 Å². The highest BCUT2D eigenvalue weighted by molar-refractivity contribution is 4.79. The fourth-order valence-electron chi connectivity index (χ4n) is 2.75. The van der Waals surface area contributed by atoms with E-state index in [0.717, 1.165) is 19.1 Å². The molecule has 1 N–H and O–H groups in total. The molecule has 0 spiro atoms. The van der Waals surface area contributed by atoms with Crippen molar-refractivity contribution >= 4 is 0 Å². The highest BCUT2D eigenvalue weighted by atomic mass is 16.5. The SMILES string of the molecule is CC(NCC1CCCO1)C1CCCC1. The number of nitrogens with one attached hydrogen (secondary N) is 1. The van der Waals surface area contributed by atoms with Gasteiger partial charge in [0, 0.05) is 19.2 Å². The molecule has 1 saturated carbocycles. The third-order valence-corrected chi connectivity index (χ3v) is 3.80. The summed E-state index contributed by atoms with van der Waals surface area (Å²) in [4.78, 5) is 0. The Morgan fingerprint density at radius 1 is 1.21 bits per heavy atom. The lowest BCUT2D eigenvalue weighted by Gasteiger charge is -2.22. The Hall–Kier alpha value is -0.0800. The summed E-state index contributed by atoms with van der Waals surface area (Å²) in [6.45, 7) is 4.38. The van der Waals surface area contributed by atoms with Crippen LogP contribution in [0.5, 0.6) is 0 Å². The van der Waals surface area contributed by atoms with Gasteiger partial charge in [0.15, 0.2) is 0 Å². The first kappa shape index (κ1) is 10.4. The van der Waals surface area contributed by atoms with E-state index in [1.165, 1.54) is 38.5 Å². The zero-order valence-electron chi connectivity index (χ0n) is 9.30. The maximum atomic E-state index is 5.60. The van der Waals surface area contributed by atoms with Crippen LogP contribution in [0, 0.1) is 5.92 Å². The molecule has 14 heavy (non-hydrogen) atoms. The maximum absolute atomic E-state index is 5.60. The van der Waals surface area contributed by atoms with Crippen LogP contribution in [0.15, 0.2) is 0 Å². The summed E-state index contributed by atoms with van der Waals surface area (Å²) in [6, 6.07) is 0.696. The molecule has 2 rings (SSSR count). The molecule has 0 bridgehead atoms. The quantitative estimate of drug-likeness (QED) is 0.747. The summed E-state index contributed by atoms with van der Waals surface area (Å²) < 4.78 is 5.60. The molecule has 2 unspecified atom stereocenters. The highest BCUT2D eigenvalue weighted by Crippen LogP contribution is 2.27. The first-order valence-electron chi connectivity index (χ1n) is 6.21. The molecule has 2 aliphatic rings. The predicted molar refractivity (Wildman–Crippen MR) is 58.4 cm³/mol. The van der Waals surface area contributed by atoms with E-state index in [0.29, 0.717) is 12.1 Å². The Kier molecular flexibility index (Phi) is 3.82. The molecule has 0 amide bonds. The normalized spacial score (nSPS) is 31.1. The zero-order chi connectivity index (χ0) is 9.80. The van der Waals surface area contributed by atoms with E-state index in [-0.39, 0.29) is 0 Å². The summed E-state index contributed by atoms with van der Waals surface area (Å²) in [6.07, 6.45) is 8.75. The lowest BCUT2D eigenvalue weighted by Crippen LogP contribution is -2.37. The molecule has 1 saturated heterocycles. The highest BCUT2D eigenvalue weighted by Gasteiger charge is 2.22. The Morgan fingerprint density at radius 2 is 2.00 bits per heavy atom. The Labute approximate surface area is 87.4 Å². The van der Waals surface area contributed by atoms with Gasteiger partial charge in [-0.1, -0.05) is 12.8 Å². The van der Waals surface area contributed by atoms with E-state index >= 15 is 0 Å². The van der Waals surface area contributed by atoms with Crippen LogP contribution in [-0.2, 0) is 4.74 Å². The van der Waals surface area contributed by atoms with Gasteiger partial charge in [-0.15, -0.1) is 0 Å². The fourth-order valence-corrected chi connectivity index (χ4v) is 2.75. The molecular weight excluding hydrogens is 174 g/mol. The van der Waals surface area contributed by atoms with Gasteiger partial charge >= 0.3 is 0 Å². The number of ether oxygens (including phenoxy) is 1. The average Bonchev–Trinajstić information content (AvgIpc) is 2.87. The molecule has 2 fully saturated rings. The third-order valence-electron chi connectivity index (χ3n) is 3.80. The molecule has 2 heteroatoms. The Bertz CT molecular complexity index is 160. The van der Waals surface area contributed by atoms with Crippen molar-refractivity contribution in [2.75, 3.05) is 13.2 Å². The van der Waals surface area contributed by atoms with Crippen molar-refractivity contribution in [2.45, 2.75) is 57.6 Å². The monoisotopic (exact) mass is 197 g/mol. The minimum Gasteiger partial charge on any atom is -0.377 e. The van der Waals surface area contributed by atoms with Crippen LogP contribution < -0.4 is 5.32 Å². The van der Waals surface area contributed by atoms with E-state index in [1.807, 2.05) is 0 Å². The van der Waals surface area contributed by atoms with Crippen molar-refractivity contribution in [3.8, 4) is 0 Å². The molecule has 0 aromatic heterocycles. The van der Waals surface area contributed by atoms with E-state index < -0.39 is 0 Å². The van der Waals surface area contributed by atoms with Crippen LogP contribution in [0.1, 0.15) is 45.4 Å². The summed E-state index contributed by atoms with van der Waals surface area (Å²) in [5, 5.41) is 3.64. The lowest BCUT2D eigenvalue weighted by molar-refractivity contribution is 0.105.